The number of esters is 1. The van der Waals surface area contributed by atoms with Gasteiger partial charge in [-0.3, -0.25) is 9.36 Å². The van der Waals surface area contributed by atoms with Gasteiger partial charge in [0.1, 0.15) is 11.6 Å². The average molecular weight is 512 g/mol. The van der Waals surface area contributed by atoms with Crippen molar-refractivity contribution >= 4 is 28.5 Å². The predicted molar refractivity (Wildman–Crippen MR) is 151 cm³/mol. The summed E-state index contributed by atoms with van der Waals surface area (Å²) in [6, 6.07) is 21.3. The maximum atomic E-state index is 13.4. The monoisotopic (exact) mass is 511 g/mol. The second-order valence-corrected chi connectivity index (χ2v) is 9.00. The molecule has 4 aromatic rings. The molecule has 0 atom stereocenters. The Morgan fingerprint density at radius 2 is 1.63 bits per heavy atom. The van der Waals surface area contributed by atoms with E-state index in [-0.39, 0.29) is 5.56 Å². The predicted octanol–water partition coefficient (Wildman–Crippen LogP) is 6.81. The van der Waals surface area contributed by atoms with Crippen LogP contribution in [0.15, 0.2) is 82.6 Å². The number of fused-ring (bicyclic) bond motifs is 1. The van der Waals surface area contributed by atoms with Crippen LogP contribution < -0.4 is 10.3 Å². The highest BCUT2D eigenvalue weighted by molar-refractivity contribution is 5.97. The Balaban J connectivity index is 1.61. The maximum absolute atomic E-state index is 13.4. The third-order valence-electron chi connectivity index (χ3n) is 6.25. The molecule has 0 aliphatic rings. The molecule has 0 unspecified atom stereocenters. The zero-order valence-electron chi connectivity index (χ0n) is 22.1. The molecule has 0 saturated carbocycles. The summed E-state index contributed by atoms with van der Waals surface area (Å²) in [6.45, 7) is 4.21. The van der Waals surface area contributed by atoms with E-state index in [2.05, 4.69) is 18.8 Å². The molecule has 0 spiro atoms. The molecule has 1 aromatic heterocycles. The van der Waals surface area contributed by atoms with Crippen LogP contribution >= 0.6 is 0 Å². The van der Waals surface area contributed by atoms with Crippen LogP contribution in [0.25, 0.3) is 16.6 Å². The SMILES string of the molecule is CCCC/C(=N/c1ccccc1C(=O)Oc1ccc(-n2c(CCCC)nc3ccccc3c2=O)cc1)OC. The summed E-state index contributed by atoms with van der Waals surface area (Å²) in [4.78, 5) is 35.8. The van der Waals surface area contributed by atoms with E-state index < -0.39 is 5.97 Å². The quantitative estimate of drug-likeness (QED) is 0.101. The van der Waals surface area contributed by atoms with Crippen LogP contribution in [0.2, 0.25) is 0 Å². The lowest BCUT2D eigenvalue weighted by Crippen LogP contribution is -2.24. The average Bonchev–Trinajstić information content (AvgIpc) is 2.95. The number of ether oxygens (including phenoxy) is 2. The molecule has 0 bridgehead atoms. The van der Waals surface area contributed by atoms with Gasteiger partial charge in [0, 0.05) is 12.8 Å². The number of hydrogen-bond donors (Lipinski definition) is 0. The Morgan fingerprint density at radius 3 is 2.37 bits per heavy atom. The molecule has 0 amide bonds. The second kappa shape index (κ2) is 12.8. The molecular weight excluding hydrogens is 478 g/mol. The first-order valence-corrected chi connectivity index (χ1v) is 13.1. The van der Waals surface area contributed by atoms with Crippen molar-refractivity contribution in [2.24, 2.45) is 4.99 Å². The molecule has 3 aromatic carbocycles. The number of carbonyl (C=O) groups excluding carboxylic acids is 1. The number of aliphatic imine (C=N–C) groups is 1. The molecule has 7 nitrogen and oxygen atoms in total. The minimum Gasteiger partial charge on any atom is -0.484 e. The standard InChI is InChI=1S/C31H33N3O4/c1-4-6-16-28-32-26-14-10-8-12-24(26)30(35)34(28)22-18-20-23(21-19-22)38-31(36)25-13-9-11-15-27(25)33-29(37-3)17-7-5-2/h8-15,18-21H,4-7,16-17H2,1-3H3/b33-29-. The van der Waals surface area contributed by atoms with Crippen LogP contribution in [-0.2, 0) is 11.2 Å². The zero-order valence-corrected chi connectivity index (χ0v) is 22.1. The molecule has 38 heavy (non-hydrogen) atoms. The Hall–Kier alpha value is -4.26. The van der Waals surface area contributed by atoms with Gasteiger partial charge in [0.15, 0.2) is 5.90 Å². The molecule has 0 saturated heterocycles. The third kappa shape index (κ3) is 6.17. The Labute approximate surface area is 222 Å². The van der Waals surface area contributed by atoms with Gasteiger partial charge in [0.2, 0.25) is 0 Å². The van der Waals surface area contributed by atoms with E-state index in [1.54, 1.807) is 60.2 Å². The third-order valence-corrected chi connectivity index (χ3v) is 6.25. The fraction of sp³-hybridized carbons (Fsp3) is 0.290. The number of para-hydroxylation sites is 2. The normalized spacial score (nSPS) is 11.5. The lowest BCUT2D eigenvalue weighted by Gasteiger charge is -2.14. The summed E-state index contributed by atoms with van der Waals surface area (Å²) >= 11 is 0. The Bertz CT molecular complexity index is 1490. The molecular formula is C31H33N3O4. The maximum Gasteiger partial charge on any atom is 0.345 e. The Morgan fingerprint density at radius 1 is 0.921 bits per heavy atom. The van der Waals surface area contributed by atoms with E-state index in [0.29, 0.717) is 58.2 Å². The highest BCUT2D eigenvalue weighted by Crippen LogP contribution is 2.24. The number of carbonyl (C=O) groups is 1. The van der Waals surface area contributed by atoms with Crippen LogP contribution in [0.3, 0.4) is 0 Å². The second-order valence-electron chi connectivity index (χ2n) is 9.00. The number of nitrogens with zero attached hydrogens (tertiary/aromatic N) is 3. The number of aromatic nitrogens is 2. The van der Waals surface area contributed by atoms with E-state index in [9.17, 15) is 9.59 Å². The van der Waals surface area contributed by atoms with Gasteiger partial charge < -0.3 is 9.47 Å². The lowest BCUT2D eigenvalue weighted by atomic mass is 10.1. The fourth-order valence-corrected chi connectivity index (χ4v) is 4.18. The molecule has 0 radical (unpaired) electrons. The van der Waals surface area contributed by atoms with Crippen LogP contribution in [0.4, 0.5) is 5.69 Å². The van der Waals surface area contributed by atoms with Crippen LogP contribution in [0.5, 0.6) is 5.75 Å². The summed E-state index contributed by atoms with van der Waals surface area (Å²) < 4.78 is 12.7. The van der Waals surface area contributed by atoms with Gasteiger partial charge in [0.25, 0.3) is 5.56 Å². The zero-order chi connectivity index (χ0) is 26.9. The van der Waals surface area contributed by atoms with Crippen LogP contribution in [0, 0.1) is 0 Å². The van der Waals surface area contributed by atoms with Crippen LogP contribution in [0.1, 0.15) is 62.1 Å². The van der Waals surface area contributed by atoms with Crippen molar-refractivity contribution in [3.05, 3.63) is 94.5 Å². The van der Waals surface area contributed by atoms with Crippen molar-refractivity contribution < 1.29 is 14.3 Å². The van der Waals surface area contributed by atoms with E-state index in [1.807, 2.05) is 24.3 Å². The summed E-state index contributed by atoms with van der Waals surface area (Å²) in [6.07, 6.45) is 5.26. The summed E-state index contributed by atoms with van der Waals surface area (Å²) in [5.74, 6) is 1.14. The summed E-state index contributed by atoms with van der Waals surface area (Å²) in [5.41, 5.74) is 2.09. The van der Waals surface area contributed by atoms with E-state index in [0.717, 1.165) is 25.7 Å². The van der Waals surface area contributed by atoms with Gasteiger partial charge >= 0.3 is 5.97 Å². The highest BCUT2D eigenvalue weighted by atomic mass is 16.5. The number of methoxy groups -OCH3 is 1. The summed E-state index contributed by atoms with van der Waals surface area (Å²) in [5, 5.41) is 0.565. The van der Waals surface area contributed by atoms with Gasteiger partial charge in [-0.2, -0.15) is 0 Å². The number of unbranched alkanes of at least 4 members (excludes halogenated alkanes) is 2. The smallest absolute Gasteiger partial charge is 0.345 e. The van der Waals surface area contributed by atoms with Crippen LogP contribution in [-0.4, -0.2) is 28.5 Å². The van der Waals surface area contributed by atoms with Crippen molar-refractivity contribution in [1.82, 2.24) is 9.55 Å². The molecule has 4 rings (SSSR count). The van der Waals surface area contributed by atoms with Crippen molar-refractivity contribution in [1.29, 1.82) is 0 Å². The van der Waals surface area contributed by atoms with Gasteiger partial charge in [-0.05, 0) is 61.4 Å². The fourth-order valence-electron chi connectivity index (χ4n) is 4.18. The minimum atomic E-state index is -0.517. The topological polar surface area (TPSA) is 82.8 Å². The van der Waals surface area contributed by atoms with Gasteiger partial charge in [-0.25, -0.2) is 14.8 Å². The van der Waals surface area contributed by atoms with Gasteiger partial charge in [0.05, 0.1) is 35.0 Å². The number of aryl methyl sites for hydroxylation is 1. The number of hydrogen-bond acceptors (Lipinski definition) is 6. The van der Waals surface area contributed by atoms with E-state index in [4.69, 9.17) is 14.5 Å². The van der Waals surface area contributed by atoms with Gasteiger partial charge in [-0.1, -0.05) is 51.0 Å². The number of benzene rings is 3. The van der Waals surface area contributed by atoms with Crippen molar-refractivity contribution in [2.45, 2.75) is 52.4 Å². The van der Waals surface area contributed by atoms with Crippen molar-refractivity contribution in [3.63, 3.8) is 0 Å². The molecule has 1 heterocycles. The van der Waals surface area contributed by atoms with Gasteiger partial charge in [-0.15, -0.1) is 0 Å². The van der Waals surface area contributed by atoms with E-state index in [1.165, 1.54) is 0 Å². The molecule has 196 valence electrons. The first kappa shape index (κ1) is 26.8. The molecule has 0 aliphatic carbocycles. The molecule has 0 N–H and O–H groups in total. The first-order chi connectivity index (χ1) is 18.5. The molecule has 0 fully saturated rings. The lowest BCUT2D eigenvalue weighted by molar-refractivity contribution is 0.0735. The first-order valence-electron chi connectivity index (χ1n) is 13.1. The largest absolute Gasteiger partial charge is 0.484 e. The number of rotatable bonds is 10. The van der Waals surface area contributed by atoms with Crippen molar-refractivity contribution in [3.8, 4) is 11.4 Å². The highest BCUT2D eigenvalue weighted by Gasteiger charge is 2.16. The molecule has 0 aliphatic heterocycles. The van der Waals surface area contributed by atoms with Crippen molar-refractivity contribution in [2.75, 3.05) is 7.11 Å². The van der Waals surface area contributed by atoms with E-state index >= 15 is 0 Å². The summed E-state index contributed by atoms with van der Waals surface area (Å²) in [7, 11) is 1.58. The Kier molecular flexibility index (Phi) is 9.03. The minimum absolute atomic E-state index is 0.116. The molecule has 7 heteroatoms.